The number of ether oxygens (including phenoxy) is 3. The summed E-state index contributed by atoms with van der Waals surface area (Å²) >= 11 is 13.9. The number of phenolic OH excluding ortho intramolecular Hbond substituents is 6. The van der Waals surface area contributed by atoms with Gasteiger partial charge in [0.1, 0.15) is 88.6 Å². The summed E-state index contributed by atoms with van der Waals surface area (Å²) in [6.45, 7) is 2.78. The molecule has 0 saturated carbocycles. The molecule has 7 aliphatic heterocycles. The van der Waals surface area contributed by atoms with Gasteiger partial charge in [-0.05, 0) is 142 Å². The zero-order valence-electron chi connectivity index (χ0n) is 54.1. The van der Waals surface area contributed by atoms with Crippen molar-refractivity contribution in [3.8, 4) is 80.1 Å². The van der Waals surface area contributed by atoms with E-state index in [1.54, 1.807) is 5.06 Å². The Bertz CT molecular complexity index is 4710. The number of aromatic hydroxyl groups is 6. The van der Waals surface area contributed by atoms with Gasteiger partial charge >= 0.3 is 0 Å². The molecule has 8 aromatic carbocycles. The smallest absolute Gasteiger partial charge is 0.249 e. The third kappa shape index (κ3) is 14.4. The van der Waals surface area contributed by atoms with Gasteiger partial charge < -0.3 is 92.5 Å². The van der Waals surface area contributed by atoms with Crippen LogP contribution in [0.25, 0.3) is 11.1 Å². The van der Waals surface area contributed by atoms with Crippen molar-refractivity contribution < 1.29 is 88.4 Å². The molecule has 0 aliphatic carbocycles. The SMILES string of the molecule is CCCCc1ccc(CON2CCN(C(=O)[C@H]3NC(=O)[C@H]4NC(=O)[C@H](NC(=O)[C@@H]5NC(=O)[C@H]6NC(=O)[C@@H](Cc7ccc(c(Cl)c7)Oc7cc5cc(c7O)Oc5ccc(cc5Cl)[C@H]4O)NC(=O)[C@@H](N)c4ccc(O)c(c4)Oc4cc(O)cc6c4)c4ccc(O)c(c4)-c4c(O)cc(O)cc43)CC2)cc1. The second kappa shape index (κ2) is 28.7. The van der Waals surface area contributed by atoms with E-state index in [0.717, 1.165) is 67.3 Å². The van der Waals surface area contributed by atoms with E-state index < -0.39 is 136 Å². The lowest BCUT2D eigenvalue weighted by Crippen LogP contribution is -2.57. The molecule has 15 N–H and O–H groups in total. The van der Waals surface area contributed by atoms with Gasteiger partial charge in [0.25, 0.3) is 0 Å². The second-order valence-electron chi connectivity index (χ2n) is 25.2. The summed E-state index contributed by atoms with van der Waals surface area (Å²) in [6.07, 6.45) is 0.633. The van der Waals surface area contributed by atoms with Crippen molar-refractivity contribution in [2.75, 3.05) is 26.2 Å². The zero-order valence-corrected chi connectivity index (χ0v) is 55.6. The first kappa shape index (κ1) is 69.2. The largest absolute Gasteiger partial charge is 0.508 e. The van der Waals surface area contributed by atoms with Crippen molar-refractivity contribution in [2.24, 2.45) is 5.73 Å². The van der Waals surface area contributed by atoms with Gasteiger partial charge in [0.2, 0.25) is 47.1 Å². The Morgan fingerprint density at radius 1 is 0.539 bits per heavy atom. The average Bonchev–Trinajstić information content (AvgIpc) is 0.765. The van der Waals surface area contributed by atoms with Gasteiger partial charge in [0.15, 0.2) is 23.0 Å². The number of fused-ring (bicyclic) bond motifs is 14. The lowest BCUT2D eigenvalue weighted by Gasteiger charge is -2.37. The summed E-state index contributed by atoms with van der Waals surface area (Å²) in [5.41, 5.74) is 7.20. The molecule has 1 saturated heterocycles. The van der Waals surface area contributed by atoms with Gasteiger partial charge in [-0.25, -0.2) is 0 Å². The highest BCUT2D eigenvalue weighted by Crippen LogP contribution is 2.48. The van der Waals surface area contributed by atoms with E-state index in [4.69, 9.17) is 48.0 Å². The maximum Gasteiger partial charge on any atom is 0.249 e. The monoisotopic (exact) mass is 1430 g/mol. The van der Waals surface area contributed by atoms with Gasteiger partial charge in [-0.3, -0.25) is 38.4 Å². The third-order valence-corrected chi connectivity index (χ3v) is 18.8. The number of unbranched alkanes of at least 4 members (excludes halogenated alkanes) is 1. The van der Waals surface area contributed by atoms with Gasteiger partial charge in [0.05, 0.1) is 16.7 Å². The van der Waals surface area contributed by atoms with E-state index >= 15 is 28.8 Å². The number of hydrogen-bond acceptors (Lipinski definition) is 20. The third-order valence-electron chi connectivity index (χ3n) is 18.3. The minimum Gasteiger partial charge on any atom is -0.508 e. The average molecular weight is 1430 g/mol. The van der Waals surface area contributed by atoms with E-state index in [1.807, 2.05) is 12.1 Å². The number of aliphatic hydroxyl groups is 1. The molecule has 15 rings (SSSR count). The number of amides is 7. The molecule has 0 radical (unpaired) electrons. The fourth-order valence-corrected chi connectivity index (χ4v) is 13.3. The van der Waals surface area contributed by atoms with E-state index in [-0.39, 0.29) is 117 Å². The van der Waals surface area contributed by atoms with Gasteiger partial charge in [-0.1, -0.05) is 85.1 Å². The first-order valence-electron chi connectivity index (χ1n) is 32.5. The molecule has 1 fully saturated rings. The maximum absolute atomic E-state index is 16.0. The van der Waals surface area contributed by atoms with Crippen molar-refractivity contribution in [3.63, 3.8) is 0 Å². The number of benzene rings is 8. The summed E-state index contributed by atoms with van der Waals surface area (Å²) < 4.78 is 18.7. The van der Waals surface area contributed by atoms with Crippen molar-refractivity contribution in [1.29, 1.82) is 0 Å². The molecular formula is C73H67Cl2N9O18. The van der Waals surface area contributed by atoms with Crippen LogP contribution >= 0.6 is 23.2 Å². The summed E-state index contributed by atoms with van der Waals surface area (Å²) in [4.78, 5) is 115. The number of nitrogens with two attached hydrogens (primary N) is 1. The first-order chi connectivity index (χ1) is 48.9. The van der Waals surface area contributed by atoms with Crippen LogP contribution < -0.4 is 51.8 Å². The Morgan fingerprint density at radius 3 is 1.82 bits per heavy atom. The number of nitrogens with zero attached hydrogens (tertiary/aromatic N) is 2. The van der Waals surface area contributed by atoms with E-state index in [9.17, 15) is 40.5 Å². The van der Waals surface area contributed by atoms with E-state index in [0.29, 0.717) is 5.56 Å². The molecule has 7 heterocycles. The molecule has 8 aromatic rings. The molecular weight excluding hydrogens is 1360 g/mol. The molecule has 7 aliphatic rings. The number of hydrogen-bond donors (Lipinski definition) is 14. The minimum atomic E-state index is -2.17. The number of rotatable bonds is 7. The van der Waals surface area contributed by atoms with Crippen LogP contribution in [-0.2, 0) is 57.8 Å². The predicted molar refractivity (Wildman–Crippen MR) is 365 cm³/mol. The number of aliphatic hydroxyl groups excluding tert-OH is 1. The van der Waals surface area contributed by atoms with Crippen LogP contribution in [0.1, 0.15) is 106 Å². The number of carbonyl (C=O) groups is 7. The van der Waals surface area contributed by atoms with Gasteiger partial charge in [-0.15, -0.1) is 0 Å². The fourth-order valence-electron chi connectivity index (χ4n) is 12.8. The molecule has 0 spiro atoms. The van der Waals surface area contributed by atoms with Crippen LogP contribution in [0, 0.1) is 0 Å². The topological polar surface area (TPSA) is 403 Å². The van der Waals surface area contributed by atoms with Crippen LogP contribution in [0.3, 0.4) is 0 Å². The number of nitrogens with one attached hydrogen (secondary N) is 6. The quantitative estimate of drug-likeness (QED) is 0.0733. The number of halogens is 2. The lowest BCUT2D eigenvalue weighted by molar-refractivity contribution is -0.189. The van der Waals surface area contributed by atoms with Crippen LogP contribution in [0.2, 0.25) is 10.0 Å². The Balaban J connectivity index is 0.937. The molecule has 29 heteroatoms. The van der Waals surface area contributed by atoms with Gasteiger partial charge in [-0.2, -0.15) is 5.06 Å². The molecule has 7 amide bonds. The lowest BCUT2D eigenvalue weighted by atomic mass is 9.89. The summed E-state index contributed by atoms with van der Waals surface area (Å²) in [5, 5.41) is 99.4. The molecule has 102 heavy (non-hydrogen) atoms. The highest BCUT2D eigenvalue weighted by Gasteiger charge is 2.43. The number of aryl methyl sites for hydroxylation is 1. The first-order valence-corrected chi connectivity index (χ1v) is 33.2. The maximum atomic E-state index is 16.0. The van der Waals surface area contributed by atoms with E-state index in [2.05, 4.69) is 51.0 Å². The van der Waals surface area contributed by atoms with Crippen molar-refractivity contribution in [3.05, 3.63) is 200 Å². The Kier molecular flexibility index (Phi) is 19.5. The number of phenols is 6. The highest BCUT2D eigenvalue weighted by atomic mass is 35.5. The second-order valence-corrected chi connectivity index (χ2v) is 26.0. The molecule has 17 bridgehead atoms. The summed E-state index contributed by atoms with van der Waals surface area (Å²) in [5.74, 6) is -13.3. The minimum absolute atomic E-state index is 0.0244. The van der Waals surface area contributed by atoms with Gasteiger partial charge in [0, 0.05) is 55.9 Å². The fraction of sp³-hybridized carbons (Fsp3) is 0.247. The molecule has 526 valence electrons. The Hall–Kier alpha value is -11.3. The number of carbonyl (C=O) groups excluding carboxylic acids is 7. The number of hydroxylamine groups is 2. The normalized spacial score (nSPS) is 21.4. The summed E-state index contributed by atoms with van der Waals surface area (Å²) in [6, 6.07) is 17.6. The predicted octanol–water partition coefficient (Wildman–Crippen LogP) is 7.52. The molecule has 0 aromatic heterocycles. The highest BCUT2D eigenvalue weighted by molar-refractivity contribution is 6.32. The van der Waals surface area contributed by atoms with Crippen molar-refractivity contribution in [2.45, 2.75) is 87.6 Å². The molecule has 8 atom stereocenters. The molecule has 27 nitrogen and oxygen atoms in total. The van der Waals surface area contributed by atoms with E-state index in [1.165, 1.54) is 83.3 Å². The standard InChI is InChI=1S/C73H67Cl2N9O18/c1-2-3-4-34-5-7-35(8-6-34)33-99-84-19-17-83(18-20-84)73(98)63-46-31-43(86)32-52(89)58(46)45-25-38(11-13-50(45)87)60-69(94)82-64(72(97)81-63)65(90)39-12-16-54(48(75)26-39)102-57-29-41-28-56(66(57)91)101-53-15-9-36(21-47(53)74)22-49-67(92)78-61(70(95)80-62(41)71(96)79-60)40-23-42(85)30-44(24-40)100-55-27-37(10-14-51(55)88)59(76)68(93)77-49/h5-16,21,23-32,49,59-65,85-91H,2-4,17-20,22,33,76H2,1H3,(H,77,93)(H,78,92)(H,79,96)(H,80,95)(H,81,97)(H,82,94)/t49-,59+,60-,61+,62-,63+,64+,65-/m1/s1. The van der Waals surface area contributed by atoms with Crippen LogP contribution in [0.15, 0.2) is 140 Å². The zero-order chi connectivity index (χ0) is 71.9. The van der Waals surface area contributed by atoms with Crippen LogP contribution in [-0.4, -0.2) is 125 Å². The van der Waals surface area contributed by atoms with Crippen LogP contribution in [0.4, 0.5) is 0 Å². The Morgan fingerprint density at radius 2 is 1.14 bits per heavy atom. The van der Waals surface area contributed by atoms with Crippen molar-refractivity contribution >= 4 is 64.6 Å². The Labute approximate surface area is 591 Å². The summed E-state index contributed by atoms with van der Waals surface area (Å²) in [7, 11) is 0. The van der Waals surface area contributed by atoms with Crippen molar-refractivity contribution in [1.82, 2.24) is 41.9 Å². The number of piperazine rings is 1. The van der Waals surface area contributed by atoms with Crippen LogP contribution in [0.5, 0.6) is 69.0 Å². The molecule has 0 unspecified atom stereocenters.